The Morgan fingerprint density at radius 3 is 1.96 bits per heavy atom. The van der Waals surface area contributed by atoms with Crippen LogP contribution in [0.25, 0.3) is 5.57 Å². The van der Waals surface area contributed by atoms with Crippen molar-refractivity contribution in [2.75, 3.05) is 0 Å². The van der Waals surface area contributed by atoms with Gasteiger partial charge in [-0.1, -0.05) is 98.7 Å². The molecular weight excluding hydrogens is 336 g/mol. The predicted octanol–water partition coefficient (Wildman–Crippen LogP) is 7.58. The van der Waals surface area contributed by atoms with E-state index >= 15 is 0 Å². The van der Waals surface area contributed by atoms with Crippen molar-refractivity contribution in [1.82, 2.24) is 0 Å². The third-order valence-electron chi connectivity index (χ3n) is 5.64. The average Bonchev–Trinajstić information content (AvgIpc) is 3.14. The van der Waals surface area contributed by atoms with Crippen LogP contribution in [-0.2, 0) is 5.41 Å². The molecule has 2 aliphatic carbocycles. The first-order valence-electron chi connectivity index (χ1n) is 9.77. The molecule has 1 atom stereocenters. The van der Waals surface area contributed by atoms with Gasteiger partial charge in [-0.05, 0) is 65.3 Å². The van der Waals surface area contributed by atoms with Crippen LogP contribution in [0.1, 0.15) is 31.9 Å². The van der Waals surface area contributed by atoms with Crippen LogP contribution in [0.15, 0.2) is 127 Å². The van der Waals surface area contributed by atoms with Crippen LogP contribution in [0.4, 0.5) is 0 Å². The third kappa shape index (κ3) is 2.45. The second kappa shape index (κ2) is 7.86. The smallest absolute Gasteiger partial charge is 0.0725 e. The van der Waals surface area contributed by atoms with Crippen LogP contribution >= 0.6 is 0 Å². The maximum absolute atomic E-state index is 4.15. The lowest BCUT2D eigenvalue weighted by atomic mass is 9.68. The van der Waals surface area contributed by atoms with Gasteiger partial charge in [-0.15, -0.1) is 0 Å². The van der Waals surface area contributed by atoms with Crippen LogP contribution in [0.3, 0.4) is 0 Å². The molecule has 3 rings (SSSR count). The normalized spacial score (nSPS) is 24.4. The zero-order chi connectivity index (χ0) is 20.3. The maximum Gasteiger partial charge on any atom is 0.0725 e. The van der Waals surface area contributed by atoms with Gasteiger partial charge in [0.25, 0.3) is 0 Å². The molecule has 2 aliphatic rings. The van der Waals surface area contributed by atoms with Gasteiger partial charge in [-0.3, -0.25) is 0 Å². The highest BCUT2D eigenvalue weighted by Crippen LogP contribution is 2.62. The summed E-state index contributed by atoms with van der Waals surface area (Å²) in [5.41, 5.74) is 9.46. The van der Waals surface area contributed by atoms with Crippen LogP contribution < -0.4 is 0 Å². The number of hydrogen-bond donors (Lipinski definition) is 0. The Morgan fingerprint density at radius 2 is 1.43 bits per heavy atom. The van der Waals surface area contributed by atoms with E-state index in [2.05, 4.69) is 101 Å². The Hall–Kier alpha value is -3.12. The van der Waals surface area contributed by atoms with Gasteiger partial charge in [-0.25, -0.2) is 0 Å². The number of rotatable bonds is 5. The van der Waals surface area contributed by atoms with Crippen molar-refractivity contribution in [1.29, 1.82) is 0 Å². The SMILES string of the molecule is C=C/C=C1\C(=C/C)C(C=C)=C(/C=C\C)C12C(/C=C\C)=C(C=C)c1ccccc12. The quantitative estimate of drug-likeness (QED) is 0.505. The van der Waals surface area contributed by atoms with Crippen molar-refractivity contribution in [3.8, 4) is 0 Å². The first-order chi connectivity index (χ1) is 13.7. The highest BCUT2D eigenvalue weighted by molar-refractivity contribution is 5.95. The number of fused-ring (bicyclic) bond motifs is 2. The Bertz CT molecular complexity index is 1030. The molecule has 1 aromatic carbocycles. The van der Waals surface area contributed by atoms with E-state index < -0.39 is 5.41 Å². The molecule has 0 saturated heterocycles. The molecule has 140 valence electrons. The van der Waals surface area contributed by atoms with Gasteiger partial charge >= 0.3 is 0 Å². The van der Waals surface area contributed by atoms with E-state index in [-0.39, 0.29) is 0 Å². The van der Waals surface area contributed by atoms with Crippen LogP contribution in [0.5, 0.6) is 0 Å². The second-order valence-electron chi connectivity index (χ2n) is 6.88. The number of hydrogen-bond acceptors (Lipinski definition) is 0. The first kappa shape index (κ1) is 19.6. The van der Waals surface area contributed by atoms with Gasteiger partial charge in [0.2, 0.25) is 0 Å². The highest BCUT2D eigenvalue weighted by Gasteiger charge is 2.53. The van der Waals surface area contributed by atoms with Gasteiger partial charge < -0.3 is 0 Å². The van der Waals surface area contributed by atoms with Gasteiger partial charge in [0, 0.05) is 0 Å². The van der Waals surface area contributed by atoms with E-state index in [1.807, 2.05) is 18.2 Å². The lowest BCUT2D eigenvalue weighted by Gasteiger charge is -2.33. The summed E-state index contributed by atoms with van der Waals surface area (Å²) in [7, 11) is 0. The molecule has 1 unspecified atom stereocenters. The molecule has 0 fully saturated rings. The lowest BCUT2D eigenvalue weighted by Crippen LogP contribution is -2.28. The van der Waals surface area contributed by atoms with Gasteiger partial charge in [0.1, 0.15) is 0 Å². The van der Waals surface area contributed by atoms with Gasteiger partial charge in [-0.2, -0.15) is 0 Å². The Labute approximate surface area is 169 Å². The minimum Gasteiger partial charge on any atom is -0.0991 e. The monoisotopic (exact) mass is 364 g/mol. The van der Waals surface area contributed by atoms with Crippen molar-refractivity contribution in [2.45, 2.75) is 26.2 Å². The molecule has 28 heavy (non-hydrogen) atoms. The lowest BCUT2D eigenvalue weighted by molar-refractivity contribution is 0.775. The summed E-state index contributed by atoms with van der Waals surface area (Å²) in [6.07, 6.45) is 18.9. The van der Waals surface area contributed by atoms with E-state index in [9.17, 15) is 0 Å². The average molecular weight is 365 g/mol. The molecule has 1 aromatic rings. The minimum atomic E-state index is -0.390. The molecular formula is C28H28. The highest BCUT2D eigenvalue weighted by atomic mass is 14.5. The summed E-state index contributed by atoms with van der Waals surface area (Å²) >= 11 is 0. The molecule has 0 aromatic heterocycles. The van der Waals surface area contributed by atoms with Gasteiger partial charge in [0.15, 0.2) is 0 Å². The molecule has 0 N–H and O–H groups in total. The van der Waals surface area contributed by atoms with Crippen molar-refractivity contribution in [3.63, 3.8) is 0 Å². The fourth-order valence-electron chi connectivity index (χ4n) is 4.80. The van der Waals surface area contributed by atoms with E-state index in [1.54, 1.807) is 0 Å². The first-order valence-corrected chi connectivity index (χ1v) is 9.77. The molecule has 0 saturated carbocycles. The van der Waals surface area contributed by atoms with Gasteiger partial charge in [0.05, 0.1) is 5.41 Å². The second-order valence-corrected chi connectivity index (χ2v) is 6.88. The van der Waals surface area contributed by atoms with Crippen molar-refractivity contribution < 1.29 is 0 Å². The molecule has 1 spiro atoms. The molecule has 0 heterocycles. The largest absolute Gasteiger partial charge is 0.0991 e. The summed E-state index contributed by atoms with van der Waals surface area (Å²) in [5.74, 6) is 0. The van der Waals surface area contributed by atoms with E-state index in [0.29, 0.717) is 0 Å². The molecule has 0 nitrogen and oxygen atoms in total. The maximum atomic E-state index is 4.15. The zero-order valence-corrected chi connectivity index (χ0v) is 17.1. The van der Waals surface area contributed by atoms with E-state index in [1.165, 1.54) is 44.6 Å². The molecule has 0 aliphatic heterocycles. The zero-order valence-electron chi connectivity index (χ0n) is 17.1. The summed E-state index contributed by atoms with van der Waals surface area (Å²) in [5, 5.41) is 0. The molecule has 0 amide bonds. The van der Waals surface area contributed by atoms with E-state index in [4.69, 9.17) is 0 Å². The van der Waals surface area contributed by atoms with Crippen LogP contribution in [0.2, 0.25) is 0 Å². The summed E-state index contributed by atoms with van der Waals surface area (Å²) in [6, 6.07) is 8.67. The predicted molar refractivity (Wildman–Crippen MR) is 124 cm³/mol. The summed E-state index contributed by atoms with van der Waals surface area (Å²) < 4.78 is 0. The minimum absolute atomic E-state index is 0.390. The van der Waals surface area contributed by atoms with Crippen LogP contribution in [-0.4, -0.2) is 0 Å². The van der Waals surface area contributed by atoms with Crippen molar-refractivity contribution in [2.24, 2.45) is 0 Å². The molecule has 0 heteroatoms. The van der Waals surface area contributed by atoms with Crippen molar-refractivity contribution in [3.05, 3.63) is 138 Å². The van der Waals surface area contributed by atoms with E-state index in [0.717, 1.165) is 0 Å². The Morgan fingerprint density at radius 1 is 0.821 bits per heavy atom. The topological polar surface area (TPSA) is 0 Å². The summed E-state index contributed by atoms with van der Waals surface area (Å²) in [6.45, 7) is 18.5. The fourth-order valence-corrected chi connectivity index (χ4v) is 4.80. The third-order valence-corrected chi connectivity index (χ3v) is 5.64. The Balaban J connectivity index is 2.63. The van der Waals surface area contributed by atoms with Crippen LogP contribution in [0, 0.1) is 0 Å². The summed E-state index contributed by atoms with van der Waals surface area (Å²) in [4.78, 5) is 0. The van der Waals surface area contributed by atoms with Crippen molar-refractivity contribution >= 4 is 5.57 Å². The number of allylic oxidation sites excluding steroid dienone is 15. The standard InChI is InChI=1S/C28H28/c1-7-15-24-20(10-4)21(11-5)25(16-8-2)28(24)26(17-9-3)22(12-6)23-18-13-14-19-27(23)28/h7-19H,1,5-6H2,2-4H3/b16-8-,17-9-,20-10-,24-15+. The Kier molecular flexibility index (Phi) is 5.51. The number of benzene rings is 1. The fraction of sp³-hybridized carbons (Fsp3) is 0.143. The molecule has 0 radical (unpaired) electrons. The molecule has 0 bridgehead atoms.